The first-order valence-electron chi connectivity index (χ1n) is 14.3. The summed E-state index contributed by atoms with van der Waals surface area (Å²) >= 11 is 0. The predicted molar refractivity (Wildman–Crippen MR) is 176 cm³/mol. The van der Waals surface area contributed by atoms with E-state index in [-0.39, 0.29) is 0 Å². The van der Waals surface area contributed by atoms with Gasteiger partial charge in [-0.2, -0.15) is 0 Å². The molecule has 0 radical (unpaired) electrons. The largest absolute Gasteiger partial charge is 0.248 e. The Labute approximate surface area is 244 Å². The first kappa shape index (κ1) is 24.2. The van der Waals surface area contributed by atoms with E-state index in [2.05, 4.69) is 146 Å². The first-order valence-corrected chi connectivity index (χ1v) is 14.3. The molecule has 0 fully saturated rings. The number of pyridine rings is 2. The molecule has 0 saturated heterocycles. The molecule has 0 unspecified atom stereocenters. The van der Waals surface area contributed by atoms with Crippen LogP contribution in [0.15, 0.2) is 158 Å². The zero-order valence-corrected chi connectivity index (χ0v) is 22.9. The third-order valence-corrected chi connectivity index (χ3v) is 8.06. The van der Waals surface area contributed by atoms with Crippen LogP contribution < -0.4 is 0 Å². The normalized spacial score (nSPS) is 11.3. The minimum atomic E-state index is 0.956. The van der Waals surface area contributed by atoms with Gasteiger partial charge in [-0.3, -0.25) is 0 Å². The van der Waals surface area contributed by atoms with Crippen molar-refractivity contribution in [2.75, 3.05) is 0 Å². The van der Waals surface area contributed by atoms with Crippen LogP contribution in [0.25, 0.3) is 77.3 Å². The van der Waals surface area contributed by atoms with Gasteiger partial charge in [-0.15, -0.1) is 0 Å². The van der Waals surface area contributed by atoms with E-state index >= 15 is 0 Å². The molecule has 2 nitrogen and oxygen atoms in total. The van der Waals surface area contributed by atoms with Crippen LogP contribution in [0.4, 0.5) is 0 Å². The molecule has 2 heteroatoms. The summed E-state index contributed by atoms with van der Waals surface area (Å²) in [4.78, 5) is 10.2. The van der Waals surface area contributed by atoms with Crippen LogP contribution in [0, 0.1) is 0 Å². The predicted octanol–water partition coefficient (Wildman–Crippen LogP) is 10.6. The molecule has 0 N–H and O–H groups in total. The van der Waals surface area contributed by atoms with E-state index in [1.54, 1.807) is 0 Å². The van der Waals surface area contributed by atoms with Crippen LogP contribution in [0.1, 0.15) is 0 Å². The Bertz CT molecular complexity index is 2220. The number of hydrogen-bond acceptors (Lipinski definition) is 2. The van der Waals surface area contributed by atoms with E-state index in [0.29, 0.717) is 0 Å². The van der Waals surface area contributed by atoms with Gasteiger partial charge >= 0.3 is 0 Å². The summed E-state index contributed by atoms with van der Waals surface area (Å²) in [6, 6.07) is 55.6. The zero-order chi connectivity index (χ0) is 27.9. The maximum atomic E-state index is 5.32. The van der Waals surface area contributed by atoms with Crippen molar-refractivity contribution in [3.8, 4) is 44.8 Å². The van der Waals surface area contributed by atoms with E-state index in [0.717, 1.165) is 49.7 Å². The quantitative estimate of drug-likeness (QED) is 0.210. The van der Waals surface area contributed by atoms with Gasteiger partial charge < -0.3 is 0 Å². The molecular formula is C40H26N2. The third-order valence-electron chi connectivity index (χ3n) is 8.06. The number of benzene rings is 6. The molecule has 0 spiro atoms. The maximum absolute atomic E-state index is 5.32. The van der Waals surface area contributed by atoms with Gasteiger partial charge in [0.05, 0.1) is 22.4 Å². The fraction of sp³-hybridized carbons (Fsp3) is 0. The van der Waals surface area contributed by atoms with Crippen molar-refractivity contribution in [2.24, 2.45) is 0 Å². The minimum Gasteiger partial charge on any atom is -0.248 e. The van der Waals surface area contributed by atoms with Crippen LogP contribution in [0.3, 0.4) is 0 Å². The van der Waals surface area contributed by atoms with Crippen molar-refractivity contribution in [3.05, 3.63) is 158 Å². The summed E-state index contributed by atoms with van der Waals surface area (Å²) in [5, 5.41) is 4.66. The van der Waals surface area contributed by atoms with E-state index in [4.69, 9.17) is 9.97 Å². The van der Waals surface area contributed by atoms with Crippen molar-refractivity contribution < 1.29 is 0 Å². The second-order valence-electron chi connectivity index (χ2n) is 10.6. The molecule has 0 saturated carbocycles. The lowest BCUT2D eigenvalue weighted by atomic mass is 9.91. The van der Waals surface area contributed by atoms with E-state index in [9.17, 15) is 0 Å². The van der Waals surface area contributed by atoms with Gasteiger partial charge in [-0.1, -0.05) is 133 Å². The van der Waals surface area contributed by atoms with Crippen molar-refractivity contribution in [1.82, 2.24) is 9.97 Å². The molecule has 8 aromatic rings. The summed E-state index contributed by atoms with van der Waals surface area (Å²) < 4.78 is 0. The first-order chi connectivity index (χ1) is 20.8. The topological polar surface area (TPSA) is 25.8 Å². The Kier molecular flexibility index (Phi) is 5.82. The van der Waals surface area contributed by atoms with Crippen molar-refractivity contribution in [3.63, 3.8) is 0 Å². The zero-order valence-electron chi connectivity index (χ0n) is 22.9. The molecule has 0 aliphatic heterocycles. The smallest absolute Gasteiger partial charge is 0.0794 e. The highest BCUT2D eigenvalue weighted by atomic mass is 14.7. The molecule has 196 valence electrons. The summed E-state index contributed by atoms with van der Waals surface area (Å²) in [6.07, 6.45) is 0. The fourth-order valence-corrected chi connectivity index (χ4v) is 5.95. The molecule has 42 heavy (non-hydrogen) atoms. The fourth-order valence-electron chi connectivity index (χ4n) is 5.95. The second kappa shape index (κ2) is 10.1. The number of rotatable bonds is 4. The molecule has 2 heterocycles. The highest BCUT2D eigenvalue weighted by molar-refractivity contribution is 6.16. The van der Waals surface area contributed by atoms with Gasteiger partial charge in [-0.25, -0.2) is 9.97 Å². The average molecular weight is 535 g/mol. The summed E-state index contributed by atoms with van der Waals surface area (Å²) in [5.74, 6) is 0. The standard InChI is InChI=1S/C40H26N2/c1-3-11-27(12-4-1)34-25-36-35(28-13-5-2-6-14-28)26-39(42-40(36)33-17-9-8-16-32(33)34)31-21-19-30(20-22-31)38-24-23-29-15-7-10-18-37(29)41-38/h1-26H. The highest BCUT2D eigenvalue weighted by Crippen LogP contribution is 2.40. The van der Waals surface area contributed by atoms with Crippen LogP contribution in [0.2, 0.25) is 0 Å². The van der Waals surface area contributed by atoms with Crippen LogP contribution >= 0.6 is 0 Å². The SMILES string of the molecule is c1ccc(-c2cc3c(-c4ccccc4)cc(-c4ccc(-c5ccc6ccccc6n5)cc4)nc3c3ccccc23)cc1. The van der Waals surface area contributed by atoms with Gasteiger partial charge in [0.1, 0.15) is 0 Å². The lowest BCUT2D eigenvalue weighted by Crippen LogP contribution is -1.93. The van der Waals surface area contributed by atoms with Crippen molar-refractivity contribution in [2.45, 2.75) is 0 Å². The molecular weight excluding hydrogens is 508 g/mol. The van der Waals surface area contributed by atoms with Gasteiger partial charge in [0.2, 0.25) is 0 Å². The number of para-hydroxylation sites is 1. The molecule has 0 aliphatic carbocycles. The van der Waals surface area contributed by atoms with Crippen LogP contribution in [0.5, 0.6) is 0 Å². The van der Waals surface area contributed by atoms with Gasteiger partial charge in [0, 0.05) is 27.3 Å². The van der Waals surface area contributed by atoms with Crippen molar-refractivity contribution in [1.29, 1.82) is 0 Å². The van der Waals surface area contributed by atoms with E-state index in [1.807, 2.05) is 12.1 Å². The summed E-state index contributed by atoms with van der Waals surface area (Å²) in [6.45, 7) is 0. The van der Waals surface area contributed by atoms with E-state index < -0.39 is 0 Å². The second-order valence-corrected chi connectivity index (χ2v) is 10.6. The minimum absolute atomic E-state index is 0.956. The van der Waals surface area contributed by atoms with Gasteiger partial charge in [0.25, 0.3) is 0 Å². The van der Waals surface area contributed by atoms with Gasteiger partial charge in [0.15, 0.2) is 0 Å². The molecule has 0 aliphatic rings. The number of fused-ring (bicyclic) bond motifs is 4. The molecule has 0 bridgehead atoms. The highest BCUT2D eigenvalue weighted by Gasteiger charge is 2.16. The number of hydrogen-bond donors (Lipinski definition) is 0. The van der Waals surface area contributed by atoms with Crippen LogP contribution in [-0.2, 0) is 0 Å². The Balaban J connectivity index is 1.33. The monoisotopic (exact) mass is 534 g/mol. The Morgan fingerprint density at radius 3 is 1.62 bits per heavy atom. The van der Waals surface area contributed by atoms with Gasteiger partial charge in [-0.05, 0) is 51.9 Å². The molecule has 0 amide bonds. The van der Waals surface area contributed by atoms with Crippen molar-refractivity contribution >= 4 is 32.6 Å². The average Bonchev–Trinajstić information content (AvgIpc) is 3.08. The Morgan fingerprint density at radius 1 is 0.333 bits per heavy atom. The third kappa shape index (κ3) is 4.22. The lowest BCUT2D eigenvalue weighted by Gasteiger charge is -2.16. The molecule has 6 aromatic carbocycles. The lowest BCUT2D eigenvalue weighted by molar-refractivity contribution is 1.38. The molecule has 2 aromatic heterocycles. The Hall–Kier alpha value is -5.60. The van der Waals surface area contributed by atoms with E-state index in [1.165, 1.54) is 27.6 Å². The number of aromatic nitrogens is 2. The number of nitrogens with zero attached hydrogens (tertiary/aromatic N) is 2. The summed E-state index contributed by atoms with van der Waals surface area (Å²) in [5.41, 5.74) is 10.9. The molecule has 8 rings (SSSR count). The summed E-state index contributed by atoms with van der Waals surface area (Å²) in [7, 11) is 0. The van der Waals surface area contributed by atoms with Crippen LogP contribution in [-0.4, -0.2) is 9.97 Å². The maximum Gasteiger partial charge on any atom is 0.0794 e. The molecule has 0 atom stereocenters. The Morgan fingerprint density at radius 2 is 0.905 bits per heavy atom.